The van der Waals surface area contributed by atoms with E-state index in [4.69, 9.17) is 9.47 Å². The van der Waals surface area contributed by atoms with Gasteiger partial charge in [0.15, 0.2) is 0 Å². The van der Waals surface area contributed by atoms with Gasteiger partial charge in [0, 0.05) is 18.5 Å². The Labute approximate surface area is 161 Å². The molecule has 0 bridgehead atoms. The lowest BCUT2D eigenvalue weighted by molar-refractivity contribution is 0.0935. The van der Waals surface area contributed by atoms with Crippen molar-refractivity contribution >= 4 is 5.91 Å². The maximum atomic E-state index is 12.7. The van der Waals surface area contributed by atoms with Crippen LogP contribution in [0.1, 0.15) is 41.4 Å². The minimum atomic E-state index is -0.0512. The molecule has 1 N–H and O–H groups in total. The largest absolute Gasteiger partial charge is 0.497 e. The summed E-state index contributed by atoms with van der Waals surface area (Å²) in [6.07, 6.45) is 0.863. The molecule has 0 fully saturated rings. The van der Waals surface area contributed by atoms with Gasteiger partial charge >= 0.3 is 0 Å². The number of methoxy groups -OCH3 is 1. The quantitative estimate of drug-likeness (QED) is 0.775. The van der Waals surface area contributed by atoms with Gasteiger partial charge in [-0.25, -0.2) is 0 Å². The average molecular weight is 368 g/mol. The van der Waals surface area contributed by atoms with Gasteiger partial charge in [-0.15, -0.1) is 0 Å². The molecule has 1 aliphatic rings. The Hall–Kier alpha value is -2.53. The van der Waals surface area contributed by atoms with E-state index in [0.717, 1.165) is 42.1 Å². The van der Waals surface area contributed by atoms with Crippen LogP contribution in [0.5, 0.6) is 11.5 Å². The first-order chi connectivity index (χ1) is 13.2. The zero-order chi connectivity index (χ0) is 19.2. The summed E-state index contributed by atoms with van der Waals surface area (Å²) in [7, 11) is 1.67. The summed E-state index contributed by atoms with van der Waals surface area (Å²) < 4.78 is 10.9. The van der Waals surface area contributed by atoms with Crippen molar-refractivity contribution in [2.24, 2.45) is 0 Å². The Morgan fingerprint density at radius 3 is 2.78 bits per heavy atom. The Balaban J connectivity index is 1.74. The van der Waals surface area contributed by atoms with Gasteiger partial charge in [0.25, 0.3) is 5.91 Å². The number of hydrogen-bond donors (Lipinski definition) is 1. The number of carbonyl (C=O) groups is 1. The van der Waals surface area contributed by atoms with Crippen LogP contribution in [0.3, 0.4) is 0 Å². The number of carbonyl (C=O) groups excluding carboxylic acids is 1. The van der Waals surface area contributed by atoms with Crippen molar-refractivity contribution < 1.29 is 14.3 Å². The second kappa shape index (κ2) is 8.91. The van der Waals surface area contributed by atoms with E-state index in [1.54, 1.807) is 7.11 Å². The van der Waals surface area contributed by atoms with Gasteiger partial charge in [-0.3, -0.25) is 9.69 Å². The van der Waals surface area contributed by atoms with Gasteiger partial charge in [-0.1, -0.05) is 26.0 Å². The topological polar surface area (TPSA) is 50.8 Å². The maximum Gasteiger partial charge on any atom is 0.251 e. The summed E-state index contributed by atoms with van der Waals surface area (Å²) in [5.41, 5.74) is 2.93. The molecule has 27 heavy (non-hydrogen) atoms. The van der Waals surface area contributed by atoms with Gasteiger partial charge in [0.2, 0.25) is 0 Å². The number of rotatable bonds is 8. The zero-order valence-electron chi connectivity index (χ0n) is 16.3. The Bertz CT molecular complexity index is 787. The lowest BCUT2D eigenvalue weighted by atomic mass is 10.0. The van der Waals surface area contributed by atoms with Gasteiger partial charge in [0.1, 0.15) is 11.5 Å². The normalized spacial score (nSPS) is 13.8. The van der Waals surface area contributed by atoms with Crippen LogP contribution < -0.4 is 14.8 Å². The molecular weight excluding hydrogens is 340 g/mol. The fourth-order valence-electron chi connectivity index (χ4n) is 3.59. The lowest BCUT2D eigenvalue weighted by Gasteiger charge is -2.30. The molecule has 1 unspecified atom stereocenters. The molecular formula is C22H28N2O3. The van der Waals surface area contributed by atoms with E-state index in [2.05, 4.69) is 30.1 Å². The molecule has 0 saturated carbocycles. The standard InChI is InChI=1S/C22H28N2O3/c1-4-24(5-2)20(16-7-6-8-19(14-16)26-3)15-23-22(25)18-9-10-21-17(13-18)11-12-27-21/h6-10,13-14,20H,4-5,11-12,15H2,1-3H3,(H,23,25). The highest BCUT2D eigenvalue weighted by Gasteiger charge is 2.21. The third-order valence-corrected chi connectivity index (χ3v) is 5.14. The van der Waals surface area contributed by atoms with Crippen LogP contribution in [-0.4, -0.2) is 44.2 Å². The van der Waals surface area contributed by atoms with E-state index in [1.165, 1.54) is 0 Å². The average Bonchev–Trinajstić information content (AvgIpc) is 3.18. The van der Waals surface area contributed by atoms with Crippen molar-refractivity contribution in [2.75, 3.05) is 33.4 Å². The molecule has 0 saturated heterocycles. The summed E-state index contributed by atoms with van der Waals surface area (Å²) >= 11 is 0. The zero-order valence-corrected chi connectivity index (χ0v) is 16.3. The molecule has 2 aromatic carbocycles. The van der Waals surface area contributed by atoms with Crippen LogP contribution in [0.15, 0.2) is 42.5 Å². The summed E-state index contributed by atoms with van der Waals surface area (Å²) in [5, 5.41) is 3.11. The number of amides is 1. The Morgan fingerprint density at radius 1 is 1.22 bits per heavy atom. The first-order valence-corrected chi connectivity index (χ1v) is 9.58. The van der Waals surface area contributed by atoms with Gasteiger partial charge in [-0.2, -0.15) is 0 Å². The Morgan fingerprint density at radius 2 is 2.04 bits per heavy atom. The molecule has 0 aromatic heterocycles. The highest BCUT2D eigenvalue weighted by atomic mass is 16.5. The summed E-state index contributed by atoms with van der Waals surface area (Å²) in [4.78, 5) is 15.0. The van der Waals surface area contributed by atoms with Crippen molar-refractivity contribution in [2.45, 2.75) is 26.3 Å². The molecule has 1 aliphatic heterocycles. The smallest absolute Gasteiger partial charge is 0.251 e. The number of fused-ring (bicyclic) bond motifs is 1. The van der Waals surface area contributed by atoms with Gasteiger partial charge < -0.3 is 14.8 Å². The molecule has 3 rings (SSSR count). The molecule has 5 nitrogen and oxygen atoms in total. The van der Waals surface area contributed by atoms with Crippen LogP contribution >= 0.6 is 0 Å². The third kappa shape index (κ3) is 4.42. The second-order valence-electron chi connectivity index (χ2n) is 6.64. The molecule has 5 heteroatoms. The fourth-order valence-corrected chi connectivity index (χ4v) is 3.59. The van der Waals surface area contributed by atoms with Crippen LogP contribution in [-0.2, 0) is 6.42 Å². The monoisotopic (exact) mass is 368 g/mol. The summed E-state index contributed by atoms with van der Waals surface area (Å²) in [5.74, 6) is 1.67. The maximum absolute atomic E-state index is 12.7. The van der Waals surface area contributed by atoms with E-state index in [0.29, 0.717) is 18.7 Å². The van der Waals surface area contributed by atoms with Crippen molar-refractivity contribution in [1.29, 1.82) is 0 Å². The van der Waals surface area contributed by atoms with Gasteiger partial charge in [-0.05, 0) is 54.5 Å². The van der Waals surface area contributed by atoms with Crippen LogP contribution in [0.4, 0.5) is 0 Å². The van der Waals surface area contributed by atoms with Crippen LogP contribution in [0, 0.1) is 0 Å². The molecule has 2 aromatic rings. The molecule has 0 spiro atoms. The summed E-state index contributed by atoms with van der Waals surface area (Å²) in [6, 6.07) is 13.8. The number of likely N-dealkylation sites (N-methyl/N-ethyl adjacent to an activating group) is 1. The van der Waals surface area contributed by atoms with Crippen LogP contribution in [0.2, 0.25) is 0 Å². The lowest BCUT2D eigenvalue weighted by Crippen LogP contribution is -2.38. The minimum absolute atomic E-state index is 0.0512. The first-order valence-electron chi connectivity index (χ1n) is 9.58. The highest BCUT2D eigenvalue weighted by molar-refractivity contribution is 5.94. The number of hydrogen-bond acceptors (Lipinski definition) is 4. The number of ether oxygens (including phenoxy) is 2. The van der Waals surface area contributed by atoms with E-state index in [9.17, 15) is 4.79 Å². The highest BCUT2D eigenvalue weighted by Crippen LogP contribution is 2.26. The molecule has 0 aliphatic carbocycles. The fraction of sp³-hybridized carbons (Fsp3) is 0.409. The minimum Gasteiger partial charge on any atom is -0.497 e. The Kier molecular flexibility index (Phi) is 6.35. The first kappa shape index (κ1) is 19.2. The second-order valence-corrected chi connectivity index (χ2v) is 6.64. The molecule has 0 radical (unpaired) electrons. The summed E-state index contributed by atoms with van der Waals surface area (Å²) in [6.45, 7) is 7.33. The van der Waals surface area contributed by atoms with E-state index >= 15 is 0 Å². The van der Waals surface area contributed by atoms with Crippen molar-refractivity contribution in [3.05, 3.63) is 59.2 Å². The predicted octanol–water partition coefficient (Wildman–Crippen LogP) is 3.44. The molecule has 144 valence electrons. The third-order valence-electron chi connectivity index (χ3n) is 5.14. The van der Waals surface area contributed by atoms with Crippen molar-refractivity contribution in [1.82, 2.24) is 10.2 Å². The molecule has 1 atom stereocenters. The molecule has 1 amide bonds. The van der Waals surface area contributed by atoms with Crippen molar-refractivity contribution in [3.8, 4) is 11.5 Å². The van der Waals surface area contributed by atoms with Gasteiger partial charge in [0.05, 0.1) is 19.8 Å². The SMILES string of the molecule is CCN(CC)C(CNC(=O)c1ccc2c(c1)CCO2)c1cccc(OC)c1. The number of benzene rings is 2. The number of nitrogens with zero attached hydrogens (tertiary/aromatic N) is 1. The van der Waals surface area contributed by atoms with E-state index in [-0.39, 0.29) is 11.9 Å². The van der Waals surface area contributed by atoms with E-state index < -0.39 is 0 Å². The van der Waals surface area contributed by atoms with Crippen LogP contribution in [0.25, 0.3) is 0 Å². The van der Waals surface area contributed by atoms with Crippen molar-refractivity contribution in [3.63, 3.8) is 0 Å². The molecule has 1 heterocycles. The number of nitrogens with one attached hydrogen (secondary N) is 1. The van der Waals surface area contributed by atoms with E-state index in [1.807, 2.05) is 36.4 Å². The predicted molar refractivity (Wildman–Crippen MR) is 107 cm³/mol.